The standard InChI is InChI=1S/C21H17F3N2O5S2/c1-15-7-10-19(11-8-15)32(27,28)26-25-14-16-13-17(21(22,23)24)9-12-20(16)33(29,30)31-18-5-3-2-4-6-18/h2-14,26H,1H3. The van der Waals surface area contributed by atoms with Gasteiger partial charge in [-0.15, -0.1) is 0 Å². The first kappa shape index (κ1) is 24.3. The number of hydrazone groups is 1. The van der Waals surface area contributed by atoms with Crippen molar-refractivity contribution in [2.24, 2.45) is 5.10 Å². The number of rotatable bonds is 7. The number of alkyl halides is 3. The Morgan fingerprint density at radius 2 is 1.55 bits per heavy atom. The molecule has 174 valence electrons. The number of benzene rings is 3. The molecule has 0 unspecified atom stereocenters. The van der Waals surface area contributed by atoms with Gasteiger partial charge in [-0.25, -0.2) is 4.83 Å². The monoisotopic (exact) mass is 498 g/mol. The number of hydrogen-bond donors (Lipinski definition) is 1. The van der Waals surface area contributed by atoms with Gasteiger partial charge < -0.3 is 4.18 Å². The molecule has 33 heavy (non-hydrogen) atoms. The van der Waals surface area contributed by atoms with Crippen molar-refractivity contribution in [2.45, 2.75) is 22.9 Å². The Bertz CT molecular complexity index is 1370. The molecule has 7 nitrogen and oxygen atoms in total. The molecule has 0 spiro atoms. The first-order chi connectivity index (χ1) is 15.4. The lowest BCUT2D eigenvalue weighted by molar-refractivity contribution is -0.137. The smallest absolute Gasteiger partial charge is 0.379 e. The average molecular weight is 499 g/mol. The zero-order valence-corrected chi connectivity index (χ0v) is 18.6. The number of nitrogens with one attached hydrogen (secondary N) is 1. The summed E-state index contributed by atoms with van der Waals surface area (Å²) in [4.78, 5) is 1.10. The maximum atomic E-state index is 13.2. The molecule has 12 heteroatoms. The fourth-order valence-corrected chi connectivity index (χ4v) is 4.52. The van der Waals surface area contributed by atoms with E-state index in [0.717, 1.165) is 11.6 Å². The highest BCUT2D eigenvalue weighted by molar-refractivity contribution is 7.89. The van der Waals surface area contributed by atoms with E-state index < -0.39 is 42.3 Å². The van der Waals surface area contributed by atoms with Crippen LogP contribution in [0, 0.1) is 6.92 Å². The molecule has 3 rings (SSSR count). The van der Waals surface area contributed by atoms with Crippen LogP contribution < -0.4 is 9.01 Å². The minimum absolute atomic E-state index is 0.0552. The fourth-order valence-electron chi connectivity index (χ4n) is 2.64. The lowest BCUT2D eigenvalue weighted by Crippen LogP contribution is -2.19. The lowest BCUT2D eigenvalue weighted by atomic mass is 10.1. The third-order valence-corrected chi connectivity index (χ3v) is 6.82. The summed E-state index contributed by atoms with van der Waals surface area (Å²) in [6, 6.07) is 14.9. The molecular weight excluding hydrogens is 481 g/mol. The van der Waals surface area contributed by atoms with Crippen molar-refractivity contribution in [1.29, 1.82) is 0 Å². The second-order valence-electron chi connectivity index (χ2n) is 6.77. The molecule has 0 bridgehead atoms. The lowest BCUT2D eigenvalue weighted by Gasteiger charge is -2.12. The van der Waals surface area contributed by atoms with Crippen molar-refractivity contribution >= 4 is 26.4 Å². The van der Waals surface area contributed by atoms with Crippen LogP contribution in [-0.2, 0) is 26.3 Å². The molecule has 0 aromatic heterocycles. The van der Waals surface area contributed by atoms with Gasteiger partial charge in [0.1, 0.15) is 10.6 Å². The topological polar surface area (TPSA) is 102 Å². The first-order valence-corrected chi connectivity index (χ1v) is 12.1. The Hall–Kier alpha value is -3.38. The molecule has 0 radical (unpaired) electrons. The maximum Gasteiger partial charge on any atom is 0.416 e. The SMILES string of the molecule is Cc1ccc(S(=O)(=O)NN=Cc2cc(C(F)(F)F)ccc2S(=O)(=O)Oc2ccccc2)cc1. The second-order valence-corrected chi connectivity index (χ2v) is 9.94. The van der Waals surface area contributed by atoms with Gasteiger partial charge in [-0.1, -0.05) is 35.9 Å². The van der Waals surface area contributed by atoms with Crippen LogP contribution in [0.3, 0.4) is 0 Å². The van der Waals surface area contributed by atoms with Crippen molar-refractivity contribution in [2.75, 3.05) is 0 Å². The van der Waals surface area contributed by atoms with Crippen molar-refractivity contribution in [1.82, 2.24) is 4.83 Å². The van der Waals surface area contributed by atoms with Crippen molar-refractivity contribution in [3.63, 3.8) is 0 Å². The van der Waals surface area contributed by atoms with Gasteiger partial charge in [0.05, 0.1) is 16.7 Å². The van der Waals surface area contributed by atoms with Crippen molar-refractivity contribution in [3.8, 4) is 5.75 Å². The van der Waals surface area contributed by atoms with E-state index >= 15 is 0 Å². The molecule has 1 N–H and O–H groups in total. The molecular formula is C21H17F3N2O5S2. The van der Waals surface area contributed by atoms with Crippen molar-refractivity contribution < 1.29 is 34.2 Å². The Balaban J connectivity index is 1.97. The second kappa shape index (κ2) is 9.24. The molecule has 3 aromatic carbocycles. The molecule has 0 aliphatic heterocycles. The van der Waals surface area contributed by atoms with E-state index in [1.165, 1.54) is 36.4 Å². The highest BCUT2D eigenvalue weighted by atomic mass is 32.2. The van der Waals surface area contributed by atoms with Crippen LogP contribution in [0.5, 0.6) is 5.75 Å². The third-order valence-electron chi connectivity index (χ3n) is 4.26. The molecule has 0 saturated carbocycles. The number of aryl methyl sites for hydroxylation is 1. The first-order valence-electron chi connectivity index (χ1n) is 9.21. The normalized spacial score (nSPS) is 12.6. The molecule has 3 aromatic rings. The van der Waals surface area contributed by atoms with Crippen LogP contribution in [0.1, 0.15) is 16.7 Å². The quantitative estimate of drug-likeness (QED) is 0.300. The van der Waals surface area contributed by atoms with E-state index in [4.69, 9.17) is 4.18 Å². The summed E-state index contributed by atoms with van der Waals surface area (Å²) in [5.74, 6) is -0.0552. The summed E-state index contributed by atoms with van der Waals surface area (Å²) >= 11 is 0. The number of halogens is 3. The van der Waals surface area contributed by atoms with E-state index in [1.54, 1.807) is 25.1 Å². The van der Waals surface area contributed by atoms with Crippen LogP contribution in [0.15, 0.2) is 87.7 Å². The summed E-state index contributed by atoms with van der Waals surface area (Å²) in [6.45, 7) is 1.76. The highest BCUT2D eigenvalue weighted by Gasteiger charge is 2.32. The number of para-hydroxylation sites is 1. The van der Waals surface area contributed by atoms with Gasteiger partial charge in [0.2, 0.25) is 0 Å². The maximum absolute atomic E-state index is 13.2. The molecule has 0 fully saturated rings. The molecule has 0 aliphatic rings. The van der Waals surface area contributed by atoms with E-state index in [-0.39, 0.29) is 10.6 Å². The third kappa shape index (κ3) is 6.11. The summed E-state index contributed by atoms with van der Waals surface area (Å²) in [6.07, 6.45) is -4.10. The zero-order valence-electron chi connectivity index (χ0n) is 16.9. The number of nitrogens with zero attached hydrogens (tertiary/aromatic N) is 1. The van der Waals surface area contributed by atoms with Gasteiger partial charge in [-0.2, -0.15) is 35.1 Å². The van der Waals surface area contributed by atoms with Crippen molar-refractivity contribution in [3.05, 3.63) is 89.5 Å². The fraction of sp³-hybridized carbons (Fsp3) is 0.0952. The van der Waals surface area contributed by atoms with Crippen LogP contribution in [0.25, 0.3) is 0 Å². The van der Waals surface area contributed by atoms with Gasteiger partial charge in [0, 0.05) is 5.56 Å². The largest absolute Gasteiger partial charge is 0.416 e. The van der Waals surface area contributed by atoms with E-state index in [2.05, 4.69) is 5.10 Å². The Labute approximate surface area is 188 Å². The van der Waals surface area contributed by atoms with Crippen LogP contribution in [0.2, 0.25) is 0 Å². The summed E-state index contributed by atoms with van der Waals surface area (Å²) in [5, 5.41) is 3.47. The summed E-state index contributed by atoms with van der Waals surface area (Å²) in [7, 11) is -8.70. The van der Waals surface area contributed by atoms with E-state index in [1.807, 2.05) is 4.83 Å². The zero-order chi connectivity index (χ0) is 24.3. The molecule has 0 saturated heterocycles. The number of sulfonamides is 1. The molecule has 0 heterocycles. The number of hydrogen-bond acceptors (Lipinski definition) is 6. The van der Waals surface area contributed by atoms with Crippen LogP contribution in [0.4, 0.5) is 13.2 Å². The molecule has 0 atom stereocenters. The van der Waals surface area contributed by atoms with Gasteiger partial charge in [-0.05, 0) is 49.4 Å². The molecule has 0 amide bonds. The summed E-state index contributed by atoms with van der Waals surface area (Å²) < 4.78 is 94.5. The Morgan fingerprint density at radius 1 is 0.909 bits per heavy atom. The van der Waals surface area contributed by atoms with Gasteiger partial charge in [0.25, 0.3) is 10.0 Å². The summed E-state index contributed by atoms with van der Waals surface area (Å²) in [5.41, 5.74) is -0.856. The minimum Gasteiger partial charge on any atom is -0.379 e. The minimum atomic E-state index is -4.77. The van der Waals surface area contributed by atoms with E-state index in [0.29, 0.717) is 18.3 Å². The van der Waals surface area contributed by atoms with E-state index in [9.17, 15) is 30.0 Å². The van der Waals surface area contributed by atoms with Crippen LogP contribution >= 0.6 is 0 Å². The van der Waals surface area contributed by atoms with Gasteiger partial charge in [-0.3, -0.25) is 0 Å². The highest BCUT2D eigenvalue weighted by Crippen LogP contribution is 2.32. The predicted octanol–water partition coefficient (Wildman–Crippen LogP) is 4.09. The Kier molecular flexibility index (Phi) is 6.79. The van der Waals surface area contributed by atoms with Gasteiger partial charge >= 0.3 is 16.3 Å². The molecule has 0 aliphatic carbocycles. The average Bonchev–Trinajstić information content (AvgIpc) is 2.73. The predicted molar refractivity (Wildman–Crippen MR) is 115 cm³/mol. The van der Waals surface area contributed by atoms with Crippen LogP contribution in [-0.4, -0.2) is 23.1 Å². The van der Waals surface area contributed by atoms with Gasteiger partial charge in [0.15, 0.2) is 0 Å². The Morgan fingerprint density at radius 3 is 2.15 bits per heavy atom.